The van der Waals surface area contributed by atoms with Crippen LogP contribution in [-0.2, 0) is 9.84 Å². The topological polar surface area (TPSA) is 97.6 Å². The molecule has 2 aromatic carbocycles. The Morgan fingerprint density at radius 3 is 2.32 bits per heavy atom. The molecule has 0 N–H and O–H groups in total. The van der Waals surface area contributed by atoms with Gasteiger partial charge in [0.05, 0.1) is 26.8 Å². The molecule has 1 unspecified atom stereocenters. The van der Waals surface area contributed by atoms with E-state index in [0.717, 1.165) is 11.5 Å². The highest BCUT2D eigenvalue weighted by Gasteiger charge is 2.33. The molecular formula is C17H11Cl3N2O5S. The van der Waals surface area contributed by atoms with Gasteiger partial charge in [-0.05, 0) is 36.4 Å². The predicted octanol–water partition coefficient (Wildman–Crippen LogP) is 4.51. The molecule has 0 saturated heterocycles. The second-order valence-corrected chi connectivity index (χ2v) is 9.08. The van der Waals surface area contributed by atoms with Crippen LogP contribution in [0.4, 0.5) is 11.4 Å². The van der Waals surface area contributed by atoms with Crippen molar-refractivity contribution in [2.45, 2.75) is 6.04 Å². The molecule has 3 rings (SSSR count). The molecule has 146 valence electrons. The van der Waals surface area contributed by atoms with Crippen LogP contribution in [0.2, 0.25) is 15.1 Å². The fourth-order valence-electron chi connectivity index (χ4n) is 2.74. The summed E-state index contributed by atoms with van der Waals surface area (Å²) in [4.78, 5) is 24.8. The minimum Gasteiger partial charge on any atom is -0.300 e. The van der Waals surface area contributed by atoms with Gasteiger partial charge in [-0.15, -0.1) is 0 Å². The van der Waals surface area contributed by atoms with E-state index < -0.39 is 32.4 Å². The van der Waals surface area contributed by atoms with Gasteiger partial charge in [-0.1, -0.05) is 34.8 Å². The van der Waals surface area contributed by atoms with E-state index in [0.29, 0.717) is 5.69 Å². The van der Waals surface area contributed by atoms with Crippen molar-refractivity contribution in [3.05, 3.63) is 78.6 Å². The molecule has 1 amide bonds. The van der Waals surface area contributed by atoms with E-state index in [1.165, 1.54) is 41.3 Å². The van der Waals surface area contributed by atoms with E-state index in [2.05, 4.69) is 0 Å². The van der Waals surface area contributed by atoms with Crippen LogP contribution in [0.25, 0.3) is 0 Å². The van der Waals surface area contributed by atoms with E-state index in [1.807, 2.05) is 0 Å². The van der Waals surface area contributed by atoms with Crippen molar-refractivity contribution in [1.29, 1.82) is 0 Å². The second kappa shape index (κ2) is 7.71. The molecule has 1 heterocycles. The van der Waals surface area contributed by atoms with Gasteiger partial charge in [-0.25, -0.2) is 8.42 Å². The Morgan fingerprint density at radius 1 is 1.07 bits per heavy atom. The Kier molecular flexibility index (Phi) is 5.67. The Bertz CT molecular complexity index is 1120. The van der Waals surface area contributed by atoms with Crippen LogP contribution < -0.4 is 4.90 Å². The van der Waals surface area contributed by atoms with E-state index in [9.17, 15) is 23.3 Å². The highest BCUT2D eigenvalue weighted by molar-refractivity contribution is 7.94. The van der Waals surface area contributed by atoms with Crippen LogP contribution >= 0.6 is 34.8 Å². The summed E-state index contributed by atoms with van der Waals surface area (Å²) in [5.74, 6) is -0.973. The fourth-order valence-corrected chi connectivity index (χ4v) is 4.49. The number of sulfone groups is 1. The van der Waals surface area contributed by atoms with E-state index in [4.69, 9.17) is 34.8 Å². The van der Waals surface area contributed by atoms with Crippen molar-refractivity contribution in [2.24, 2.45) is 0 Å². The van der Waals surface area contributed by atoms with Gasteiger partial charge in [-0.3, -0.25) is 14.9 Å². The number of carbonyl (C=O) groups is 1. The monoisotopic (exact) mass is 460 g/mol. The smallest absolute Gasteiger partial charge is 0.288 e. The van der Waals surface area contributed by atoms with Crippen molar-refractivity contribution >= 4 is 61.9 Å². The number of nitro groups is 1. The summed E-state index contributed by atoms with van der Waals surface area (Å²) in [6.45, 7) is 0. The molecule has 0 spiro atoms. The quantitative estimate of drug-likeness (QED) is 0.493. The number of nitrogens with zero attached hydrogens (tertiary/aromatic N) is 2. The standard InChI is InChI=1S/C17H11Cl3N2O5S/c18-13-4-2-11(8-15(13)20)21(12-5-6-28(26,27)9-12)17(23)10-1-3-14(19)16(7-10)22(24)25/h1-8,12H,9H2. The molecule has 1 aliphatic rings. The molecule has 11 heteroatoms. The number of halogens is 3. The number of nitro benzene ring substituents is 1. The molecule has 0 saturated carbocycles. The minimum atomic E-state index is -3.47. The summed E-state index contributed by atoms with van der Waals surface area (Å²) in [6, 6.07) is 7.19. The van der Waals surface area contributed by atoms with Crippen molar-refractivity contribution in [3.63, 3.8) is 0 Å². The molecule has 0 radical (unpaired) electrons. The summed E-state index contributed by atoms with van der Waals surface area (Å²) >= 11 is 17.8. The lowest BCUT2D eigenvalue weighted by molar-refractivity contribution is -0.384. The molecule has 7 nitrogen and oxygen atoms in total. The Morgan fingerprint density at radius 2 is 1.75 bits per heavy atom. The third kappa shape index (κ3) is 4.15. The summed E-state index contributed by atoms with van der Waals surface area (Å²) in [7, 11) is -3.47. The van der Waals surface area contributed by atoms with Gasteiger partial charge in [0.2, 0.25) is 0 Å². The lowest BCUT2D eigenvalue weighted by Crippen LogP contribution is -2.41. The van der Waals surface area contributed by atoms with Gasteiger partial charge in [0.15, 0.2) is 9.84 Å². The first-order valence-corrected chi connectivity index (χ1v) is 10.6. The SMILES string of the molecule is O=C(c1ccc(Cl)c([N+](=O)[O-])c1)N(c1ccc(Cl)c(Cl)c1)C1C=CS(=O)(=O)C1. The predicted molar refractivity (Wildman–Crippen MR) is 108 cm³/mol. The average molecular weight is 462 g/mol. The highest BCUT2D eigenvalue weighted by Crippen LogP contribution is 2.32. The Labute approximate surface area is 175 Å². The summed E-state index contributed by atoms with van der Waals surface area (Å²) in [6.07, 6.45) is 1.38. The maximum Gasteiger partial charge on any atom is 0.288 e. The zero-order valence-electron chi connectivity index (χ0n) is 13.9. The van der Waals surface area contributed by atoms with E-state index in [1.54, 1.807) is 0 Å². The average Bonchev–Trinajstić information content (AvgIpc) is 2.97. The van der Waals surface area contributed by atoms with Gasteiger partial charge in [-0.2, -0.15) is 0 Å². The second-order valence-electron chi connectivity index (χ2n) is 5.92. The molecule has 0 aromatic heterocycles. The first kappa shape index (κ1) is 20.6. The normalized spacial score (nSPS) is 17.5. The number of hydrogen-bond acceptors (Lipinski definition) is 5. The zero-order chi connectivity index (χ0) is 20.6. The summed E-state index contributed by atoms with van der Waals surface area (Å²) < 4.78 is 23.7. The van der Waals surface area contributed by atoms with Crippen LogP contribution in [0.1, 0.15) is 10.4 Å². The lowest BCUT2D eigenvalue weighted by atomic mass is 10.1. The molecule has 2 aromatic rings. The van der Waals surface area contributed by atoms with Gasteiger partial charge in [0, 0.05) is 22.7 Å². The van der Waals surface area contributed by atoms with Crippen molar-refractivity contribution in [3.8, 4) is 0 Å². The lowest BCUT2D eigenvalue weighted by Gasteiger charge is -2.28. The third-order valence-electron chi connectivity index (χ3n) is 4.03. The first-order valence-electron chi connectivity index (χ1n) is 7.72. The van der Waals surface area contributed by atoms with Crippen LogP contribution in [0.3, 0.4) is 0 Å². The maximum atomic E-state index is 13.2. The molecule has 1 aliphatic heterocycles. The third-order valence-corrected chi connectivity index (χ3v) is 6.47. The van der Waals surface area contributed by atoms with Gasteiger partial charge >= 0.3 is 0 Å². The van der Waals surface area contributed by atoms with Gasteiger partial charge in [0.1, 0.15) is 5.02 Å². The van der Waals surface area contributed by atoms with E-state index >= 15 is 0 Å². The molecule has 1 atom stereocenters. The number of hydrogen-bond donors (Lipinski definition) is 0. The summed E-state index contributed by atoms with van der Waals surface area (Å²) in [5.41, 5.74) is -0.167. The molecule has 0 bridgehead atoms. The van der Waals surface area contributed by atoms with Crippen LogP contribution in [0, 0.1) is 10.1 Å². The number of carbonyl (C=O) groups excluding carboxylic acids is 1. The molecule has 0 fully saturated rings. The van der Waals surface area contributed by atoms with Crippen molar-refractivity contribution in [2.75, 3.05) is 10.7 Å². The van der Waals surface area contributed by atoms with E-state index in [-0.39, 0.29) is 26.4 Å². The van der Waals surface area contributed by atoms with Crippen LogP contribution in [0.5, 0.6) is 0 Å². The minimum absolute atomic E-state index is 0.0279. The molecule has 0 aliphatic carbocycles. The van der Waals surface area contributed by atoms with Crippen molar-refractivity contribution < 1.29 is 18.1 Å². The zero-order valence-corrected chi connectivity index (χ0v) is 17.0. The number of benzene rings is 2. The van der Waals surface area contributed by atoms with Crippen molar-refractivity contribution in [1.82, 2.24) is 0 Å². The first-order chi connectivity index (χ1) is 13.1. The Balaban J connectivity index is 2.10. The summed E-state index contributed by atoms with van der Waals surface area (Å²) in [5, 5.41) is 12.5. The molecule has 28 heavy (non-hydrogen) atoms. The Hall–Kier alpha value is -2.13. The van der Waals surface area contributed by atoms with Gasteiger partial charge in [0.25, 0.3) is 11.6 Å². The number of anilines is 1. The van der Waals surface area contributed by atoms with Gasteiger partial charge < -0.3 is 4.90 Å². The van der Waals surface area contributed by atoms with Crippen LogP contribution in [-0.4, -0.2) is 31.0 Å². The largest absolute Gasteiger partial charge is 0.300 e. The fraction of sp³-hybridized carbons (Fsp3) is 0.118. The van der Waals surface area contributed by atoms with Crippen LogP contribution in [0.15, 0.2) is 47.9 Å². The maximum absolute atomic E-state index is 13.2. The molecular weight excluding hydrogens is 451 g/mol. The number of amides is 1. The number of rotatable bonds is 4. The highest BCUT2D eigenvalue weighted by atomic mass is 35.5.